The molecule has 1 heterocycles. The van der Waals surface area contributed by atoms with E-state index in [-0.39, 0.29) is 5.56 Å². The monoisotopic (exact) mass is 180 g/mol. The third-order valence-corrected chi connectivity index (χ3v) is 2.55. The van der Waals surface area contributed by atoms with Gasteiger partial charge in [-0.15, -0.1) is 0 Å². The molecule has 1 aliphatic rings. The summed E-state index contributed by atoms with van der Waals surface area (Å²) in [5, 5.41) is 12.6. The summed E-state index contributed by atoms with van der Waals surface area (Å²) in [6.07, 6.45) is 6.81. The van der Waals surface area contributed by atoms with Crippen LogP contribution in [0.15, 0.2) is 12.4 Å². The minimum Gasteiger partial charge on any atom is -0.478 e. The SMILES string of the molecule is O=C(O)c1cnn(CC2CCC2)c1. The molecule has 1 aromatic heterocycles. The molecule has 4 nitrogen and oxygen atoms in total. The van der Waals surface area contributed by atoms with E-state index in [1.165, 1.54) is 25.5 Å². The third-order valence-electron chi connectivity index (χ3n) is 2.55. The fourth-order valence-electron chi connectivity index (χ4n) is 1.51. The lowest BCUT2D eigenvalue weighted by Crippen LogP contribution is -2.18. The summed E-state index contributed by atoms with van der Waals surface area (Å²) in [4.78, 5) is 10.5. The predicted octanol–water partition coefficient (Wildman–Crippen LogP) is 1.38. The second-order valence-corrected chi connectivity index (χ2v) is 3.55. The van der Waals surface area contributed by atoms with Gasteiger partial charge in [0.25, 0.3) is 0 Å². The van der Waals surface area contributed by atoms with Crippen molar-refractivity contribution in [3.8, 4) is 0 Å². The van der Waals surface area contributed by atoms with Gasteiger partial charge >= 0.3 is 5.97 Å². The number of hydrogen-bond acceptors (Lipinski definition) is 2. The first-order chi connectivity index (χ1) is 6.25. The highest BCUT2D eigenvalue weighted by atomic mass is 16.4. The van der Waals surface area contributed by atoms with Gasteiger partial charge in [0.05, 0.1) is 11.8 Å². The number of carboxylic acids is 1. The van der Waals surface area contributed by atoms with Crippen LogP contribution in [-0.4, -0.2) is 20.9 Å². The van der Waals surface area contributed by atoms with E-state index in [2.05, 4.69) is 5.10 Å². The van der Waals surface area contributed by atoms with E-state index in [1.54, 1.807) is 10.9 Å². The van der Waals surface area contributed by atoms with E-state index in [1.807, 2.05) is 0 Å². The molecule has 1 N–H and O–H groups in total. The number of aromatic carboxylic acids is 1. The van der Waals surface area contributed by atoms with Crippen LogP contribution in [0.25, 0.3) is 0 Å². The van der Waals surface area contributed by atoms with Crippen molar-refractivity contribution in [3.63, 3.8) is 0 Å². The highest BCUT2D eigenvalue weighted by Crippen LogP contribution is 2.27. The summed E-state index contributed by atoms with van der Waals surface area (Å²) in [5.74, 6) is -0.193. The molecule has 0 amide bonds. The largest absolute Gasteiger partial charge is 0.478 e. The molecular weight excluding hydrogens is 168 g/mol. The van der Waals surface area contributed by atoms with Crippen LogP contribution in [0.2, 0.25) is 0 Å². The Kier molecular flexibility index (Phi) is 2.04. The van der Waals surface area contributed by atoms with Gasteiger partial charge < -0.3 is 5.11 Å². The van der Waals surface area contributed by atoms with Crippen molar-refractivity contribution in [3.05, 3.63) is 18.0 Å². The molecule has 0 aliphatic heterocycles. The van der Waals surface area contributed by atoms with E-state index >= 15 is 0 Å². The summed E-state index contributed by atoms with van der Waals surface area (Å²) >= 11 is 0. The Morgan fingerprint density at radius 3 is 2.92 bits per heavy atom. The molecular formula is C9H12N2O2. The third kappa shape index (κ3) is 1.71. The molecule has 4 heteroatoms. The van der Waals surface area contributed by atoms with Gasteiger partial charge in [0, 0.05) is 12.7 Å². The highest BCUT2D eigenvalue weighted by molar-refractivity contribution is 5.86. The Balaban J connectivity index is 2.00. The van der Waals surface area contributed by atoms with E-state index < -0.39 is 5.97 Å². The average molecular weight is 180 g/mol. The lowest BCUT2D eigenvalue weighted by Gasteiger charge is -2.24. The highest BCUT2D eigenvalue weighted by Gasteiger charge is 2.18. The number of carboxylic acid groups (broad SMARTS) is 1. The fourth-order valence-corrected chi connectivity index (χ4v) is 1.51. The summed E-state index contributed by atoms with van der Waals surface area (Å²) < 4.78 is 1.73. The fraction of sp³-hybridized carbons (Fsp3) is 0.556. The zero-order valence-corrected chi connectivity index (χ0v) is 7.31. The Hall–Kier alpha value is -1.32. The predicted molar refractivity (Wildman–Crippen MR) is 46.5 cm³/mol. The van der Waals surface area contributed by atoms with Gasteiger partial charge in [-0.3, -0.25) is 4.68 Å². The Morgan fingerprint density at radius 2 is 2.46 bits per heavy atom. The first-order valence-corrected chi connectivity index (χ1v) is 4.51. The van der Waals surface area contributed by atoms with Crippen LogP contribution in [0.4, 0.5) is 0 Å². The molecule has 1 fully saturated rings. The molecule has 0 radical (unpaired) electrons. The molecule has 13 heavy (non-hydrogen) atoms. The van der Waals surface area contributed by atoms with Gasteiger partial charge in [-0.25, -0.2) is 4.79 Å². The lowest BCUT2D eigenvalue weighted by atomic mass is 9.85. The number of aromatic nitrogens is 2. The van der Waals surface area contributed by atoms with Crippen molar-refractivity contribution in [2.24, 2.45) is 5.92 Å². The van der Waals surface area contributed by atoms with Gasteiger partial charge in [0.2, 0.25) is 0 Å². The zero-order chi connectivity index (χ0) is 9.26. The minimum absolute atomic E-state index is 0.277. The van der Waals surface area contributed by atoms with Crippen LogP contribution in [0.3, 0.4) is 0 Å². The summed E-state index contributed by atoms with van der Waals surface area (Å²) in [5.41, 5.74) is 0.277. The van der Waals surface area contributed by atoms with Crippen molar-refractivity contribution in [2.45, 2.75) is 25.8 Å². The van der Waals surface area contributed by atoms with Crippen molar-refractivity contribution in [2.75, 3.05) is 0 Å². The van der Waals surface area contributed by atoms with Gasteiger partial charge in [0.15, 0.2) is 0 Å². The molecule has 0 saturated heterocycles. The smallest absolute Gasteiger partial charge is 0.338 e. The van der Waals surface area contributed by atoms with Crippen molar-refractivity contribution in [1.82, 2.24) is 9.78 Å². The minimum atomic E-state index is -0.903. The van der Waals surface area contributed by atoms with Gasteiger partial charge in [-0.2, -0.15) is 5.10 Å². The molecule has 0 unspecified atom stereocenters. The van der Waals surface area contributed by atoms with Crippen molar-refractivity contribution in [1.29, 1.82) is 0 Å². The molecule has 0 bridgehead atoms. The molecule has 1 aliphatic carbocycles. The molecule has 1 saturated carbocycles. The second-order valence-electron chi connectivity index (χ2n) is 3.55. The Labute approximate surface area is 76.2 Å². The number of hydrogen-bond donors (Lipinski definition) is 1. The van der Waals surface area contributed by atoms with Crippen molar-refractivity contribution >= 4 is 5.97 Å². The van der Waals surface area contributed by atoms with Crippen LogP contribution < -0.4 is 0 Å². The average Bonchev–Trinajstić information content (AvgIpc) is 2.44. The summed E-state index contributed by atoms with van der Waals surface area (Å²) in [7, 11) is 0. The maximum Gasteiger partial charge on any atom is 0.338 e. The first kappa shape index (κ1) is 8.29. The number of rotatable bonds is 3. The number of nitrogens with zero attached hydrogens (tertiary/aromatic N) is 2. The lowest BCUT2D eigenvalue weighted by molar-refractivity contribution is 0.0696. The molecule has 0 atom stereocenters. The Bertz CT molecular complexity index is 315. The summed E-state index contributed by atoms with van der Waals surface area (Å²) in [6, 6.07) is 0. The van der Waals surface area contributed by atoms with Crippen LogP contribution >= 0.6 is 0 Å². The van der Waals surface area contributed by atoms with Crippen LogP contribution in [0, 0.1) is 5.92 Å². The second kappa shape index (κ2) is 3.20. The van der Waals surface area contributed by atoms with E-state index in [0.717, 1.165) is 6.54 Å². The van der Waals surface area contributed by atoms with Gasteiger partial charge in [0.1, 0.15) is 0 Å². The zero-order valence-electron chi connectivity index (χ0n) is 7.31. The standard InChI is InChI=1S/C9H12N2O2/c12-9(13)8-4-10-11(6-8)5-7-2-1-3-7/h4,6-7H,1-3,5H2,(H,12,13). The quantitative estimate of drug-likeness (QED) is 0.764. The topological polar surface area (TPSA) is 55.1 Å². The molecule has 0 aromatic carbocycles. The summed E-state index contributed by atoms with van der Waals surface area (Å²) in [6.45, 7) is 0.868. The normalized spacial score (nSPS) is 16.9. The maximum absolute atomic E-state index is 10.5. The number of carbonyl (C=O) groups is 1. The van der Waals surface area contributed by atoms with Crippen LogP contribution in [0.1, 0.15) is 29.6 Å². The first-order valence-electron chi connectivity index (χ1n) is 4.51. The van der Waals surface area contributed by atoms with E-state index in [4.69, 9.17) is 5.11 Å². The molecule has 70 valence electrons. The Morgan fingerprint density at radius 1 is 1.69 bits per heavy atom. The van der Waals surface area contributed by atoms with E-state index in [0.29, 0.717) is 5.92 Å². The van der Waals surface area contributed by atoms with Crippen LogP contribution in [0.5, 0.6) is 0 Å². The van der Waals surface area contributed by atoms with E-state index in [9.17, 15) is 4.79 Å². The molecule has 0 spiro atoms. The molecule has 1 aromatic rings. The maximum atomic E-state index is 10.5. The van der Waals surface area contributed by atoms with Gasteiger partial charge in [-0.05, 0) is 18.8 Å². The van der Waals surface area contributed by atoms with Crippen LogP contribution in [-0.2, 0) is 6.54 Å². The molecule has 2 rings (SSSR count). The van der Waals surface area contributed by atoms with Crippen molar-refractivity contribution < 1.29 is 9.90 Å². The van der Waals surface area contributed by atoms with Gasteiger partial charge in [-0.1, -0.05) is 6.42 Å².